The second-order valence-corrected chi connectivity index (χ2v) is 7.04. The fourth-order valence-corrected chi connectivity index (χ4v) is 4.43. The number of allylic oxidation sites excluding steroid dienone is 2. The van der Waals surface area contributed by atoms with Gasteiger partial charge in [0.25, 0.3) is 0 Å². The van der Waals surface area contributed by atoms with E-state index in [9.17, 15) is 4.79 Å². The highest BCUT2D eigenvalue weighted by Crippen LogP contribution is 2.61. The Balaban J connectivity index is 1.94. The predicted octanol–water partition coefficient (Wildman–Crippen LogP) is 4.30. The number of carbonyl (C=O) groups is 1. The van der Waals surface area contributed by atoms with Crippen molar-refractivity contribution in [1.82, 2.24) is 0 Å². The number of benzene rings is 1. The zero-order valence-electron chi connectivity index (χ0n) is 11.1. The smallest absolute Gasteiger partial charge is 0.173 e. The molecule has 0 saturated heterocycles. The van der Waals surface area contributed by atoms with Crippen LogP contribution in [0.15, 0.2) is 45.7 Å². The molecule has 1 nitrogen and oxygen atoms in total. The van der Waals surface area contributed by atoms with Gasteiger partial charge in [-0.15, -0.1) is 0 Å². The first kappa shape index (κ1) is 12.0. The van der Waals surface area contributed by atoms with E-state index in [1.165, 1.54) is 10.5 Å². The van der Waals surface area contributed by atoms with Gasteiger partial charge in [-0.25, -0.2) is 0 Å². The lowest BCUT2D eigenvalue weighted by Crippen LogP contribution is -2.53. The molecular weight excluding hydrogens is 240 g/mol. The van der Waals surface area contributed by atoms with Crippen molar-refractivity contribution in [3.63, 3.8) is 0 Å². The molecule has 3 aliphatic carbocycles. The molecule has 0 heterocycles. The van der Waals surface area contributed by atoms with Gasteiger partial charge in [0, 0.05) is 10.8 Å². The van der Waals surface area contributed by atoms with Gasteiger partial charge in [0.2, 0.25) is 0 Å². The van der Waals surface area contributed by atoms with Crippen LogP contribution in [0.1, 0.15) is 27.2 Å². The monoisotopic (exact) mass is 258 g/mol. The third-order valence-electron chi connectivity index (χ3n) is 4.65. The van der Waals surface area contributed by atoms with Crippen molar-refractivity contribution in [2.75, 3.05) is 0 Å². The van der Waals surface area contributed by atoms with Gasteiger partial charge in [-0.3, -0.25) is 4.79 Å². The summed E-state index contributed by atoms with van der Waals surface area (Å²) in [6, 6.07) is 10.2. The quantitative estimate of drug-likeness (QED) is 0.787. The summed E-state index contributed by atoms with van der Waals surface area (Å²) in [6.07, 6.45) is 1.07. The first-order chi connectivity index (χ1) is 8.51. The van der Waals surface area contributed by atoms with Crippen LogP contribution in [-0.4, -0.2) is 5.78 Å². The number of thioether (sulfide) groups is 1. The van der Waals surface area contributed by atoms with E-state index in [2.05, 4.69) is 32.9 Å². The number of ketones is 1. The number of carbonyl (C=O) groups excluding carboxylic acids is 1. The largest absolute Gasteiger partial charge is 0.293 e. The molecule has 0 amide bonds. The van der Waals surface area contributed by atoms with Crippen molar-refractivity contribution in [1.29, 1.82) is 0 Å². The predicted molar refractivity (Wildman–Crippen MR) is 75.4 cm³/mol. The average molecular weight is 258 g/mol. The van der Waals surface area contributed by atoms with Crippen molar-refractivity contribution < 1.29 is 4.79 Å². The Morgan fingerprint density at radius 1 is 1.17 bits per heavy atom. The topological polar surface area (TPSA) is 17.1 Å². The standard InChI is InChI=1S/C16H18OS/c1-10-12-9-13(16(12,2)3)14(17)15(10)18-11-7-5-4-6-8-11/h4-8,12-13H,9H2,1-3H3. The highest BCUT2D eigenvalue weighted by Gasteiger charge is 2.56. The van der Waals surface area contributed by atoms with E-state index in [4.69, 9.17) is 0 Å². The molecule has 2 bridgehead atoms. The van der Waals surface area contributed by atoms with E-state index in [1.54, 1.807) is 11.8 Å². The van der Waals surface area contributed by atoms with E-state index in [1.807, 2.05) is 18.2 Å². The number of Topliss-reactive ketones (excluding diaryl/α,β-unsaturated/α-hetero) is 1. The Morgan fingerprint density at radius 3 is 2.39 bits per heavy atom. The van der Waals surface area contributed by atoms with Crippen molar-refractivity contribution in [2.24, 2.45) is 17.3 Å². The molecule has 0 aromatic heterocycles. The minimum Gasteiger partial charge on any atom is -0.293 e. The van der Waals surface area contributed by atoms with Gasteiger partial charge in [-0.2, -0.15) is 0 Å². The lowest BCUT2D eigenvalue weighted by atomic mass is 9.48. The Hall–Kier alpha value is -1.02. The Bertz CT molecular complexity index is 527. The van der Waals surface area contributed by atoms with Crippen molar-refractivity contribution in [3.05, 3.63) is 40.8 Å². The summed E-state index contributed by atoms with van der Waals surface area (Å²) in [5.41, 5.74) is 1.49. The van der Waals surface area contributed by atoms with E-state index in [0.717, 1.165) is 11.3 Å². The Kier molecular flexibility index (Phi) is 2.67. The molecule has 0 spiro atoms. The summed E-state index contributed by atoms with van der Waals surface area (Å²) in [7, 11) is 0. The maximum atomic E-state index is 12.5. The minimum absolute atomic E-state index is 0.182. The molecule has 3 aliphatic rings. The molecule has 4 rings (SSSR count). The molecule has 0 aliphatic heterocycles. The molecule has 2 heteroatoms. The normalized spacial score (nSPS) is 29.2. The summed E-state index contributed by atoms with van der Waals surface area (Å²) < 4.78 is 0. The van der Waals surface area contributed by atoms with Crippen LogP contribution in [0.4, 0.5) is 0 Å². The van der Waals surface area contributed by atoms with Crippen LogP contribution >= 0.6 is 11.8 Å². The van der Waals surface area contributed by atoms with Crippen molar-refractivity contribution >= 4 is 17.5 Å². The molecular formula is C16H18OS. The maximum Gasteiger partial charge on any atom is 0.173 e. The average Bonchev–Trinajstić information content (AvgIpc) is 2.34. The molecule has 1 fully saturated rings. The van der Waals surface area contributed by atoms with Crippen LogP contribution in [0, 0.1) is 17.3 Å². The second kappa shape index (κ2) is 3.99. The molecule has 0 N–H and O–H groups in total. The fraction of sp³-hybridized carbons (Fsp3) is 0.438. The molecule has 1 saturated carbocycles. The number of hydrogen-bond acceptors (Lipinski definition) is 2. The van der Waals surface area contributed by atoms with Gasteiger partial charge in [0.05, 0.1) is 4.91 Å². The SMILES string of the molecule is CC1=C(Sc2ccccc2)C(=O)C2CC1C2(C)C. The van der Waals surface area contributed by atoms with E-state index in [-0.39, 0.29) is 11.3 Å². The first-order valence-electron chi connectivity index (χ1n) is 6.49. The van der Waals surface area contributed by atoms with Gasteiger partial charge in [0.15, 0.2) is 5.78 Å². The van der Waals surface area contributed by atoms with Crippen LogP contribution in [0.25, 0.3) is 0 Å². The molecule has 1 aromatic rings. The van der Waals surface area contributed by atoms with E-state index in [0.29, 0.717) is 11.7 Å². The van der Waals surface area contributed by atoms with Crippen LogP contribution < -0.4 is 0 Å². The zero-order chi connectivity index (χ0) is 12.9. The third kappa shape index (κ3) is 1.58. The molecule has 18 heavy (non-hydrogen) atoms. The summed E-state index contributed by atoms with van der Waals surface area (Å²) in [5, 5.41) is 0. The Labute approximate surface area is 113 Å². The van der Waals surface area contributed by atoms with Crippen LogP contribution in [0.5, 0.6) is 0 Å². The van der Waals surface area contributed by atoms with Gasteiger partial charge in [-0.05, 0) is 36.8 Å². The van der Waals surface area contributed by atoms with Crippen LogP contribution in [0.3, 0.4) is 0 Å². The second-order valence-electron chi connectivity index (χ2n) is 5.95. The molecule has 94 valence electrons. The number of fused-ring (bicyclic) bond motifs is 1. The minimum atomic E-state index is 0.182. The number of hydrogen-bond donors (Lipinski definition) is 0. The zero-order valence-corrected chi connectivity index (χ0v) is 11.9. The summed E-state index contributed by atoms with van der Waals surface area (Å²) in [4.78, 5) is 14.7. The van der Waals surface area contributed by atoms with Crippen molar-refractivity contribution in [3.8, 4) is 0 Å². The van der Waals surface area contributed by atoms with E-state index < -0.39 is 0 Å². The fourth-order valence-electron chi connectivity index (χ4n) is 3.35. The number of rotatable bonds is 2. The molecule has 1 aromatic carbocycles. The van der Waals surface area contributed by atoms with Crippen LogP contribution in [-0.2, 0) is 4.79 Å². The molecule has 2 unspecified atom stereocenters. The lowest BCUT2D eigenvalue weighted by Gasteiger charge is -2.56. The maximum absolute atomic E-state index is 12.5. The molecule has 0 radical (unpaired) electrons. The van der Waals surface area contributed by atoms with Crippen molar-refractivity contribution in [2.45, 2.75) is 32.1 Å². The van der Waals surface area contributed by atoms with Crippen LogP contribution in [0.2, 0.25) is 0 Å². The molecule has 2 atom stereocenters. The first-order valence-corrected chi connectivity index (χ1v) is 7.31. The van der Waals surface area contributed by atoms with Gasteiger partial charge in [0.1, 0.15) is 0 Å². The third-order valence-corrected chi connectivity index (χ3v) is 5.89. The summed E-state index contributed by atoms with van der Waals surface area (Å²) in [6.45, 7) is 6.61. The summed E-state index contributed by atoms with van der Waals surface area (Å²) in [5.74, 6) is 1.22. The van der Waals surface area contributed by atoms with Gasteiger partial charge >= 0.3 is 0 Å². The summed E-state index contributed by atoms with van der Waals surface area (Å²) >= 11 is 1.65. The van der Waals surface area contributed by atoms with E-state index >= 15 is 0 Å². The van der Waals surface area contributed by atoms with Gasteiger partial charge in [-0.1, -0.05) is 49.4 Å². The highest BCUT2D eigenvalue weighted by atomic mass is 32.2. The lowest BCUT2D eigenvalue weighted by molar-refractivity contribution is -0.134. The highest BCUT2D eigenvalue weighted by molar-refractivity contribution is 8.04. The Morgan fingerprint density at radius 2 is 1.83 bits per heavy atom. The van der Waals surface area contributed by atoms with Gasteiger partial charge < -0.3 is 0 Å².